The van der Waals surface area contributed by atoms with Crippen molar-refractivity contribution in [2.24, 2.45) is 0 Å². The van der Waals surface area contributed by atoms with Crippen molar-refractivity contribution in [3.05, 3.63) is 45.1 Å². The topological polar surface area (TPSA) is 90.2 Å². The molecule has 0 unspecified atom stereocenters. The Morgan fingerprint density at radius 3 is 2.80 bits per heavy atom. The molecule has 8 heteroatoms. The van der Waals surface area contributed by atoms with Crippen molar-refractivity contribution in [1.29, 1.82) is 0 Å². The number of ether oxygens (including phenoxy) is 1. The molecule has 1 aromatic carbocycles. The molecule has 0 aliphatic carbocycles. The van der Waals surface area contributed by atoms with Crippen LogP contribution in [0.15, 0.2) is 24.3 Å². The van der Waals surface area contributed by atoms with Crippen LogP contribution >= 0.6 is 11.6 Å². The maximum atomic E-state index is 11.0. The Balaban J connectivity index is 2.44. The zero-order valence-electron chi connectivity index (χ0n) is 10.8. The van der Waals surface area contributed by atoms with Gasteiger partial charge in [-0.1, -0.05) is 17.7 Å². The number of rotatable bonds is 4. The van der Waals surface area contributed by atoms with E-state index in [9.17, 15) is 10.1 Å². The number of benzene rings is 1. The Morgan fingerprint density at radius 2 is 2.15 bits per heavy atom. The maximum Gasteiger partial charge on any atom is 0.313 e. The zero-order valence-corrected chi connectivity index (χ0v) is 11.5. The lowest BCUT2D eigenvalue weighted by molar-refractivity contribution is -0.385. The van der Waals surface area contributed by atoms with Crippen molar-refractivity contribution >= 4 is 23.2 Å². The maximum absolute atomic E-state index is 11.0. The molecule has 0 fully saturated rings. The smallest absolute Gasteiger partial charge is 0.313 e. The number of aryl methyl sites for hydroxylation is 1. The highest BCUT2D eigenvalue weighted by molar-refractivity contribution is 6.32. The highest BCUT2D eigenvalue weighted by Crippen LogP contribution is 2.37. The quantitative estimate of drug-likeness (QED) is 0.688. The van der Waals surface area contributed by atoms with E-state index in [1.165, 1.54) is 18.2 Å². The molecular weight excluding hydrogens is 284 g/mol. The first kappa shape index (κ1) is 14.0. The summed E-state index contributed by atoms with van der Waals surface area (Å²) >= 11 is 5.95. The summed E-state index contributed by atoms with van der Waals surface area (Å²) in [4.78, 5) is 18.6. The summed E-state index contributed by atoms with van der Waals surface area (Å²) < 4.78 is 5.46. The lowest BCUT2D eigenvalue weighted by Gasteiger charge is -2.08. The Morgan fingerprint density at radius 1 is 1.40 bits per heavy atom. The van der Waals surface area contributed by atoms with E-state index in [0.717, 1.165) is 0 Å². The minimum Gasteiger partial charge on any atom is -0.430 e. The largest absolute Gasteiger partial charge is 0.430 e. The number of aromatic nitrogens is 2. The molecule has 104 valence electrons. The normalized spacial score (nSPS) is 10.2. The lowest BCUT2D eigenvalue weighted by atomic mass is 10.3. The number of hydrogen-bond acceptors (Lipinski definition) is 6. The van der Waals surface area contributed by atoms with Crippen LogP contribution in [-0.4, -0.2) is 21.9 Å². The van der Waals surface area contributed by atoms with Crippen LogP contribution in [0.2, 0.25) is 5.02 Å². The number of para-hydroxylation sites is 1. The summed E-state index contributed by atoms with van der Waals surface area (Å²) in [6.07, 6.45) is 0. The zero-order chi connectivity index (χ0) is 14.7. The van der Waals surface area contributed by atoms with E-state index < -0.39 is 4.92 Å². The summed E-state index contributed by atoms with van der Waals surface area (Å²) in [5, 5.41) is 13.9. The lowest BCUT2D eigenvalue weighted by Crippen LogP contribution is -2.01. The summed E-state index contributed by atoms with van der Waals surface area (Å²) in [6, 6.07) is 5.87. The van der Waals surface area contributed by atoms with Crippen molar-refractivity contribution in [2.75, 3.05) is 12.4 Å². The predicted molar refractivity (Wildman–Crippen MR) is 74.5 cm³/mol. The minimum absolute atomic E-state index is 0.0423. The van der Waals surface area contributed by atoms with Crippen LogP contribution in [0.3, 0.4) is 0 Å². The van der Waals surface area contributed by atoms with Gasteiger partial charge in [-0.15, -0.1) is 0 Å². The summed E-state index contributed by atoms with van der Waals surface area (Å²) in [5.41, 5.74) is 0.439. The van der Waals surface area contributed by atoms with E-state index >= 15 is 0 Å². The fourth-order valence-electron chi connectivity index (χ4n) is 1.55. The van der Waals surface area contributed by atoms with Crippen molar-refractivity contribution in [3.8, 4) is 11.6 Å². The number of nitrogens with one attached hydrogen (secondary N) is 1. The van der Waals surface area contributed by atoms with E-state index in [-0.39, 0.29) is 22.3 Å². The highest BCUT2D eigenvalue weighted by atomic mass is 35.5. The van der Waals surface area contributed by atoms with Gasteiger partial charge in [-0.05, 0) is 13.0 Å². The Labute approximate surface area is 119 Å². The molecule has 0 saturated carbocycles. The summed E-state index contributed by atoms with van der Waals surface area (Å²) in [5.74, 6) is 0.493. The Kier molecular flexibility index (Phi) is 3.99. The molecular formula is C12H11ClN4O3. The number of nitro benzene ring substituents is 1. The number of hydrogen-bond donors (Lipinski definition) is 1. The van der Waals surface area contributed by atoms with Gasteiger partial charge in [0, 0.05) is 24.9 Å². The van der Waals surface area contributed by atoms with Gasteiger partial charge in [0.05, 0.1) is 9.95 Å². The van der Waals surface area contributed by atoms with E-state index in [2.05, 4.69) is 15.3 Å². The third-order valence-electron chi connectivity index (χ3n) is 2.40. The van der Waals surface area contributed by atoms with Crippen molar-refractivity contribution < 1.29 is 9.66 Å². The Hall–Kier alpha value is -2.41. The summed E-state index contributed by atoms with van der Waals surface area (Å²) in [6.45, 7) is 1.76. The molecule has 0 aliphatic rings. The van der Waals surface area contributed by atoms with Crippen molar-refractivity contribution in [3.63, 3.8) is 0 Å². The molecule has 0 amide bonds. The van der Waals surface area contributed by atoms with Crippen LogP contribution in [0.4, 0.5) is 11.6 Å². The van der Waals surface area contributed by atoms with Crippen molar-refractivity contribution in [1.82, 2.24) is 9.97 Å². The molecule has 0 atom stereocenters. The van der Waals surface area contributed by atoms with Crippen molar-refractivity contribution in [2.45, 2.75) is 6.92 Å². The molecule has 0 radical (unpaired) electrons. The predicted octanol–water partition coefficient (Wildman–Crippen LogP) is 3.18. The van der Waals surface area contributed by atoms with Crippen LogP contribution in [0, 0.1) is 17.0 Å². The first-order valence-electron chi connectivity index (χ1n) is 5.65. The molecule has 2 aromatic rings. The van der Waals surface area contributed by atoms with E-state index in [0.29, 0.717) is 11.6 Å². The fourth-order valence-corrected chi connectivity index (χ4v) is 1.76. The minimum atomic E-state index is -0.561. The van der Waals surface area contributed by atoms with Crippen LogP contribution in [0.5, 0.6) is 11.6 Å². The molecule has 7 nitrogen and oxygen atoms in total. The molecule has 0 saturated heterocycles. The van der Waals surface area contributed by atoms with E-state index in [1.54, 1.807) is 20.0 Å². The number of anilines is 1. The van der Waals surface area contributed by atoms with Gasteiger partial charge in [-0.3, -0.25) is 10.1 Å². The second kappa shape index (κ2) is 5.70. The highest BCUT2D eigenvalue weighted by Gasteiger charge is 2.19. The van der Waals surface area contributed by atoms with E-state index in [1.807, 2.05) is 0 Å². The number of halogens is 1. The van der Waals surface area contributed by atoms with Gasteiger partial charge >= 0.3 is 5.69 Å². The van der Waals surface area contributed by atoms with Gasteiger partial charge in [0.2, 0.25) is 17.6 Å². The molecule has 20 heavy (non-hydrogen) atoms. The first-order chi connectivity index (χ1) is 9.51. The molecule has 0 spiro atoms. The SMILES string of the molecule is CNc1nc(C)cc(Oc2c(Cl)cccc2[N+](=O)[O-])n1. The molecule has 2 rings (SSSR count). The van der Waals surface area contributed by atoms with Gasteiger partial charge in [0.25, 0.3) is 0 Å². The third-order valence-corrected chi connectivity index (χ3v) is 2.70. The first-order valence-corrected chi connectivity index (χ1v) is 6.03. The second-order valence-corrected chi connectivity index (χ2v) is 4.28. The molecule has 1 N–H and O–H groups in total. The van der Waals surface area contributed by atoms with Gasteiger partial charge in [-0.2, -0.15) is 4.98 Å². The number of nitrogens with zero attached hydrogens (tertiary/aromatic N) is 3. The molecule has 0 bridgehead atoms. The monoisotopic (exact) mass is 294 g/mol. The summed E-state index contributed by atoms with van der Waals surface area (Å²) in [7, 11) is 1.66. The third kappa shape index (κ3) is 2.94. The van der Waals surface area contributed by atoms with Gasteiger partial charge in [0.1, 0.15) is 0 Å². The Bertz CT molecular complexity index is 663. The van der Waals surface area contributed by atoms with Gasteiger partial charge in [-0.25, -0.2) is 4.98 Å². The van der Waals surface area contributed by atoms with Crippen LogP contribution in [0.1, 0.15) is 5.69 Å². The van der Waals surface area contributed by atoms with Gasteiger partial charge < -0.3 is 10.1 Å². The van der Waals surface area contributed by atoms with E-state index in [4.69, 9.17) is 16.3 Å². The molecule has 0 aliphatic heterocycles. The molecule has 1 heterocycles. The van der Waals surface area contributed by atoms with Crippen LogP contribution < -0.4 is 10.1 Å². The average Bonchev–Trinajstić information content (AvgIpc) is 2.40. The number of nitro groups is 1. The molecule has 1 aromatic heterocycles. The van der Waals surface area contributed by atoms with Crippen LogP contribution in [0.25, 0.3) is 0 Å². The standard InChI is InChI=1S/C12H11ClN4O3/c1-7-6-10(16-12(14-2)15-7)20-11-8(13)4-3-5-9(11)17(18)19/h3-6H,1-2H3,(H,14,15,16). The van der Waals surface area contributed by atoms with Gasteiger partial charge in [0.15, 0.2) is 0 Å². The average molecular weight is 295 g/mol. The fraction of sp³-hybridized carbons (Fsp3) is 0.167. The second-order valence-electron chi connectivity index (χ2n) is 3.87. The van der Waals surface area contributed by atoms with Crippen LogP contribution in [-0.2, 0) is 0 Å².